The molecule has 7 heterocycles. The van der Waals surface area contributed by atoms with Crippen LogP contribution in [-0.2, 0) is 0 Å². The summed E-state index contributed by atoms with van der Waals surface area (Å²) in [7, 11) is 0. The van der Waals surface area contributed by atoms with E-state index in [0.29, 0.717) is 0 Å². The highest BCUT2D eigenvalue weighted by molar-refractivity contribution is 7.27. The Kier molecular flexibility index (Phi) is 12.5. The van der Waals surface area contributed by atoms with Gasteiger partial charge >= 0.3 is 0 Å². The molecule has 18 aromatic rings. The van der Waals surface area contributed by atoms with E-state index in [1.807, 2.05) is 34.0 Å². The van der Waals surface area contributed by atoms with Crippen LogP contribution in [0.15, 0.2) is 334 Å². The molecule has 0 N–H and O–H groups in total. The average molecular weight is 1340 g/mol. The van der Waals surface area contributed by atoms with Crippen LogP contribution >= 0.6 is 34.0 Å². The Balaban J connectivity index is 0.867. The van der Waals surface area contributed by atoms with Crippen molar-refractivity contribution in [1.82, 2.24) is 0 Å². The Hall–Kier alpha value is -12.1. The number of anilines is 15. The minimum atomic E-state index is -0.233. The van der Waals surface area contributed by atoms with Gasteiger partial charge in [0, 0.05) is 119 Å². The molecule has 4 aliphatic heterocycles. The molecule has 0 atom stereocenters. The molecule has 0 amide bonds. The summed E-state index contributed by atoms with van der Waals surface area (Å²) in [5.74, 6) is 1.69. The molecule has 15 aromatic carbocycles. The van der Waals surface area contributed by atoms with Crippen LogP contribution in [0.3, 0.4) is 0 Å². The summed E-state index contributed by atoms with van der Waals surface area (Å²) in [6.07, 6.45) is 0. The maximum Gasteiger partial charge on any atom is 0.256 e. The molecule has 0 aliphatic carbocycles. The quantitative estimate of drug-likeness (QED) is 0.134. The summed E-state index contributed by atoms with van der Waals surface area (Å²) in [6.45, 7) is -0.445. The van der Waals surface area contributed by atoms with Gasteiger partial charge in [0.2, 0.25) is 0 Å². The van der Waals surface area contributed by atoms with Gasteiger partial charge in [-0.1, -0.05) is 194 Å². The minimum absolute atomic E-state index is 0.211. The molecule has 11 heteroatoms. The van der Waals surface area contributed by atoms with Gasteiger partial charge in [0.1, 0.15) is 11.5 Å². The Morgan fingerprint density at radius 2 is 0.723 bits per heavy atom. The second-order valence-electron chi connectivity index (χ2n) is 26.6. The van der Waals surface area contributed by atoms with Crippen LogP contribution in [0.1, 0.15) is 0 Å². The lowest BCUT2D eigenvalue weighted by molar-refractivity contribution is 0.487. The van der Waals surface area contributed by atoms with E-state index < -0.39 is 0 Å². The van der Waals surface area contributed by atoms with E-state index >= 15 is 0 Å². The van der Waals surface area contributed by atoms with E-state index in [2.05, 4.69) is 358 Å². The van der Waals surface area contributed by atoms with E-state index in [4.69, 9.17) is 4.74 Å². The van der Waals surface area contributed by atoms with Crippen molar-refractivity contribution in [2.24, 2.45) is 0 Å². The van der Waals surface area contributed by atoms with Gasteiger partial charge in [-0.05, 0) is 166 Å². The predicted molar refractivity (Wildman–Crippen MR) is 434 cm³/mol. The van der Waals surface area contributed by atoms with Crippen molar-refractivity contribution in [3.05, 3.63) is 334 Å². The summed E-state index contributed by atoms with van der Waals surface area (Å²) >= 11 is 5.59. The van der Waals surface area contributed by atoms with E-state index in [-0.39, 0.29) is 13.4 Å². The van der Waals surface area contributed by atoms with Crippen LogP contribution in [0.4, 0.5) is 85.3 Å². The van der Waals surface area contributed by atoms with Crippen LogP contribution in [0.25, 0.3) is 60.5 Å². The van der Waals surface area contributed by atoms with Gasteiger partial charge in [-0.3, -0.25) is 0 Å². The number of rotatable bonds is 9. The van der Waals surface area contributed by atoms with Crippen molar-refractivity contribution >= 4 is 226 Å². The fraction of sp³-hybridized carbons (Fsp3) is 0. The molecule has 0 bridgehead atoms. The Bertz CT molecular complexity index is 6420. The summed E-state index contributed by atoms with van der Waals surface area (Å²) in [6, 6.07) is 124. The predicted octanol–water partition coefficient (Wildman–Crippen LogP) is 22.2. The van der Waals surface area contributed by atoms with Gasteiger partial charge < -0.3 is 29.2 Å². The molecular weight excluding hydrogens is 1280 g/mol. The number of fused-ring (bicyclic) bond motifs is 17. The third-order valence-corrected chi connectivity index (χ3v) is 24.7. The Morgan fingerprint density at radius 3 is 1.43 bits per heavy atom. The summed E-state index contributed by atoms with van der Waals surface area (Å²) in [4.78, 5) is 12.8. The van der Waals surface area contributed by atoms with Crippen molar-refractivity contribution < 1.29 is 4.74 Å². The third-order valence-electron chi connectivity index (χ3n) is 21.2. The first-order chi connectivity index (χ1) is 50.1. The molecule has 0 spiro atoms. The second kappa shape index (κ2) is 22.2. The van der Waals surface area contributed by atoms with Gasteiger partial charge in [0.25, 0.3) is 13.4 Å². The molecule has 4 aliphatic rings. The molecule has 6 nitrogen and oxygen atoms in total. The number of hydrogen-bond donors (Lipinski definition) is 0. The summed E-state index contributed by atoms with van der Waals surface area (Å²) < 4.78 is 15.1. The van der Waals surface area contributed by atoms with Gasteiger partial charge in [-0.2, -0.15) is 0 Å². The molecule has 0 fully saturated rings. The zero-order valence-electron chi connectivity index (χ0n) is 54.3. The SMILES string of the molecule is c1ccc(N(c2ccccc2)c2cc3c4c(c2)N(c2cccc5c2sc2ccccc25)c2ccccc2B4c2cc4c(cc2N3c2ccccc2)N(c2cccc3sc5ccccc5c23)c2cc(N(c3ccccc3)c3cccc5sc6ccccc6c35)cc3c2B4c2ccccc2O3)cc1. The van der Waals surface area contributed by atoms with Crippen molar-refractivity contribution in [2.45, 2.75) is 0 Å². The molecule has 0 unspecified atom stereocenters. The molecule has 470 valence electrons. The molecule has 3 aromatic heterocycles. The standard InChI is InChI=1S/C90H55B2N5OS3/c1-5-26-56(27-6-1)93(57-28-7-2-8-29-57)60-50-76-88-77(51-60)96(73-43-23-37-63-62-34-13-20-45-81(62)101-90(63)73)70-40-18-16-38-66(70)91(88)68-54-69-75(55-74(68)95(76)59-32-11-4-12-33-59)97(72-42-25-49-85-87(72)65-36-15-22-47-83(65)100-85)78-52-61(53-80-89(78)92(69)67-39-17-19-44-79(67)98-80)94(58-30-9-3-10-31-58)71-41-24-48-84-86(71)64-35-14-21-46-82(64)99-84/h1-55H. The minimum Gasteiger partial charge on any atom is -0.458 e. The molecule has 22 rings (SSSR count). The fourth-order valence-corrected chi connectivity index (χ4v) is 20.6. The molecule has 0 saturated heterocycles. The molecule has 0 radical (unpaired) electrons. The number of para-hydroxylation sites is 6. The fourth-order valence-electron chi connectivity index (χ4n) is 17.1. The highest BCUT2D eigenvalue weighted by atomic mass is 32.1. The lowest BCUT2D eigenvalue weighted by Crippen LogP contribution is -2.64. The van der Waals surface area contributed by atoms with Gasteiger partial charge in [-0.25, -0.2) is 0 Å². The van der Waals surface area contributed by atoms with Crippen molar-refractivity contribution in [3.8, 4) is 11.5 Å². The number of nitrogens with zero attached hydrogens (tertiary/aromatic N) is 5. The third kappa shape index (κ3) is 8.46. The van der Waals surface area contributed by atoms with E-state index in [1.54, 1.807) is 0 Å². The largest absolute Gasteiger partial charge is 0.458 e. The lowest BCUT2D eigenvalue weighted by Gasteiger charge is -2.47. The maximum atomic E-state index is 7.55. The second-order valence-corrected chi connectivity index (χ2v) is 29.8. The number of ether oxygens (including phenoxy) is 1. The van der Waals surface area contributed by atoms with Crippen molar-refractivity contribution in [1.29, 1.82) is 0 Å². The van der Waals surface area contributed by atoms with Gasteiger partial charge in [-0.15, -0.1) is 34.0 Å². The zero-order valence-corrected chi connectivity index (χ0v) is 56.7. The molecule has 0 saturated carbocycles. The topological polar surface area (TPSA) is 25.4 Å². The van der Waals surface area contributed by atoms with Gasteiger partial charge in [0.15, 0.2) is 0 Å². The monoisotopic (exact) mass is 1340 g/mol. The summed E-state index contributed by atoms with van der Waals surface area (Å²) in [5, 5.41) is 7.44. The van der Waals surface area contributed by atoms with Crippen LogP contribution in [0.2, 0.25) is 0 Å². The number of thiophene rings is 3. The average Bonchev–Trinajstić information content (AvgIpc) is 0.982. The first-order valence-corrected chi connectivity index (χ1v) is 36.9. The lowest BCUT2D eigenvalue weighted by atomic mass is 9.30. The number of hydrogen-bond acceptors (Lipinski definition) is 9. The first kappa shape index (κ1) is 56.9. The normalized spacial score (nSPS) is 13.1. The van der Waals surface area contributed by atoms with Crippen LogP contribution in [0, 0.1) is 0 Å². The van der Waals surface area contributed by atoms with Crippen LogP contribution < -0.4 is 62.0 Å². The smallest absolute Gasteiger partial charge is 0.256 e. The maximum absolute atomic E-state index is 7.55. The number of benzene rings is 15. The Labute approximate surface area is 596 Å². The van der Waals surface area contributed by atoms with E-state index in [1.165, 1.54) is 82.4 Å². The zero-order chi connectivity index (χ0) is 66.0. The van der Waals surface area contributed by atoms with Crippen molar-refractivity contribution in [2.75, 3.05) is 24.5 Å². The molecule has 101 heavy (non-hydrogen) atoms. The van der Waals surface area contributed by atoms with Gasteiger partial charge in [0.05, 0.1) is 33.1 Å². The van der Waals surface area contributed by atoms with Crippen molar-refractivity contribution in [3.63, 3.8) is 0 Å². The van der Waals surface area contributed by atoms with Crippen LogP contribution in [-0.4, -0.2) is 13.4 Å². The van der Waals surface area contributed by atoms with E-state index in [0.717, 1.165) is 108 Å². The highest BCUT2D eigenvalue weighted by Crippen LogP contribution is 2.55. The van der Waals surface area contributed by atoms with E-state index in [9.17, 15) is 0 Å². The van der Waals surface area contributed by atoms with Crippen LogP contribution in [0.5, 0.6) is 11.5 Å². The molecular formula is C90H55B2N5OS3. The summed E-state index contributed by atoms with van der Waals surface area (Å²) in [5.41, 5.74) is 23.6. The Morgan fingerprint density at radius 1 is 0.257 bits per heavy atom. The highest BCUT2D eigenvalue weighted by Gasteiger charge is 2.49. The first-order valence-electron chi connectivity index (χ1n) is 34.4.